The van der Waals surface area contributed by atoms with Gasteiger partial charge in [-0.2, -0.15) is 0 Å². The number of hydrogen-bond acceptors (Lipinski definition) is 5. The second-order valence-corrected chi connectivity index (χ2v) is 5.62. The summed E-state index contributed by atoms with van der Waals surface area (Å²) in [4.78, 5) is 41.8. The summed E-state index contributed by atoms with van der Waals surface area (Å²) in [6.07, 6.45) is 0.0386. The molecule has 0 bridgehead atoms. The number of carbonyl (C=O) groups is 3. The molecule has 1 aliphatic rings. The number of thiophene rings is 1. The van der Waals surface area contributed by atoms with Crippen LogP contribution in [0.3, 0.4) is 0 Å². The first-order valence-corrected chi connectivity index (χ1v) is 7.17. The number of hydroxylamine groups is 2. The van der Waals surface area contributed by atoms with Crippen LogP contribution in [0, 0.1) is 6.92 Å². The van der Waals surface area contributed by atoms with Crippen LogP contribution in [0.25, 0.3) is 0 Å². The maximum atomic E-state index is 12.0. The fourth-order valence-electron chi connectivity index (χ4n) is 2.10. The summed E-state index contributed by atoms with van der Waals surface area (Å²) < 4.78 is 0. The minimum Gasteiger partial charge on any atom is -0.329 e. The van der Waals surface area contributed by atoms with E-state index in [-0.39, 0.29) is 17.5 Å². The van der Waals surface area contributed by atoms with E-state index < -0.39 is 17.8 Å². The summed E-state index contributed by atoms with van der Waals surface area (Å²) in [5, 5.41) is 2.41. The van der Waals surface area contributed by atoms with Crippen molar-refractivity contribution in [2.75, 3.05) is 0 Å². The molecule has 6 heteroatoms. The first-order valence-electron chi connectivity index (χ1n) is 6.29. The smallest absolute Gasteiger partial charge is 0.329 e. The fourth-order valence-corrected chi connectivity index (χ4v) is 2.99. The molecule has 106 valence electrons. The quantitative estimate of drug-likeness (QED) is 0.816. The highest BCUT2D eigenvalue weighted by atomic mass is 32.1. The van der Waals surface area contributed by atoms with E-state index in [4.69, 9.17) is 4.84 Å². The molecule has 2 amide bonds. The van der Waals surface area contributed by atoms with E-state index in [1.807, 2.05) is 18.4 Å². The van der Waals surface area contributed by atoms with E-state index in [1.165, 1.54) is 23.5 Å². The number of nitrogens with zero attached hydrogens (tertiary/aromatic N) is 1. The molecule has 0 radical (unpaired) electrons. The van der Waals surface area contributed by atoms with E-state index in [0.29, 0.717) is 5.06 Å². The van der Waals surface area contributed by atoms with E-state index in [0.717, 1.165) is 10.4 Å². The van der Waals surface area contributed by atoms with Crippen LogP contribution in [0.4, 0.5) is 0 Å². The molecule has 2 aromatic rings. The molecule has 3 rings (SSSR count). The Labute approximate surface area is 124 Å². The van der Waals surface area contributed by atoms with Crippen LogP contribution >= 0.6 is 11.3 Å². The summed E-state index contributed by atoms with van der Waals surface area (Å²) >= 11 is 1.44. The fraction of sp³-hybridized carbons (Fsp3) is 0.133. The molecule has 0 saturated carbocycles. The van der Waals surface area contributed by atoms with Gasteiger partial charge in [-0.05, 0) is 36.1 Å². The lowest BCUT2D eigenvalue weighted by Crippen LogP contribution is -2.33. The third kappa shape index (κ3) is 2.34. The molecule has 1 aromatic carbocycles. The summed E-state index contributed by atoms with van der Waals surface area (Å²) in [7, 11) is 0. The highest BCUT2D eigenvalue weighted by molar-refractivity contribution is 7.10. The maximum absolute atomic E-state index is 12.0. The summed E-state index contributed by atoms with van der Waals surface area (Å²) in [5.74, 6) is -1.84. The van der Waals surface area contributed by atoms with Gasteiger partial charge in [0.15, 0.2) is 0 Å². The van der Waals surface area contributed by atoms with Gasteiger partial charge >= 0.3 is 5.97 Å². The van der Waals surface area contributed by atoms with Gasteiger partial charge < -0.3 is 4.84 Å². The molecular formula is C15H11NO4S. The predicted molar refractivity (Wildman–Crippen MR) is 75.8 cm³/mol. The lowest BCUT2D eigenvalue weighted by atomic mass is 10.1. The number of fused-ring (bicyclic) bond motifs is 1. The van der Waals surface area contributed by atoms with Gasteiger partial charge in [0.05, 0.1) is 17.5 Å². The van der Waals surface area contributed by atoms with Crippen molar-refractivity contribution in [1.82, 2.24) is 5.06 Å². The van der Waals surface area contributed by atoms with E-state index in [9.17, 15) is 14.4 Å². The van der Waals surface area contributed by atoms with E-state index in [2.05, 4.69) is 0 Å². The highest BCUT2D eigenvalue weighted by Gasteiger charge is 2.38. The molecule has 2 heterocycles. The number of carbonyl (C=O) groups excluding carboxylic acids is 3. The monoisotopic (exact) mass is 301 g/mol. The Morgan fingerprint density at radius 2 is 1.76 bits per heavy atom. The van der Waals surface area contributed by atoms with Crippen LogP contribution in [-0.2, 0) is 16.1 Å². The zero-order chi connectivity index (χ0) is 15.0. The first kappa shape index (κ1) is 13.5. The number of benzene rings is 1. The maximum Gasteiger partial charge on any atom is 0.338 e. The molecule has 1 aliphatic heterocycles. The van der Waals surface area contributed by atoms with Crippen molar-refractivity contribution in [3.63, 3.8) is 0 Å². The molecular weight excluding hydrogens is 290 g/mol. The lowest BCUT2D eigenvalue weighted by molar-refractivity contribution is -0.167. The molecule has 1 aromatic heterocycles. The number of aryl methyl sites for hydroxylation is 1. The number of imide groups is 1. The Morgan fingerprint density at radius 1 is 1.14 bits per heavy atom. The van der Waals surface area contributed by atoms with Gasteiger partial charge in [0.1, 0.15) is 0 Å². The topological polar surface area (TPSA) is 63.7 Å². The second kappa shape index (κ2) is 5.14. The Bertz CT molecular complexity index is 715. The highest BCUT2D eigenvalue weighted by Crippen LogP contribution is 2.23. The summed E-state index contributed by atoms with van der Waals surface area (Å²) in [6.45, 7) is 1.89. The van der Waals surface area contributed by atoms with Crippen molar-refractivity contribution in [1.29, 1.82) is 0 Å². The average molecular weight is 301 g/mol. The second-order valence-electron chi connectivity index (χ2n) is 4.62. The van der Waals surface area contributed by atoms with Gasteiger partial charge in [-0.3, -0.25) is 9.59 Å². The van der Waals surface area contributed by atoms with Crippen molar-refractivity contribution >= 4 is 29.1 Å². The Balaban J connectivity index is 1.75. The zero-order valence-corrected chi connectivity index (χ0v) is 12.0. The Hall–Kier alpha value is -2.47. The van der Waals surface area contributed by atoms with Gasteiger partial charge in [-0.15, -0.1) is 11.3 Å². The average Bonchev–Trinajstić information content (AvgIpc) is 2.97. The molecule has 0 aliphatic carbocycles. The van der Waals surface area contributed by atoms with Crippen LogP contribution < -0.4 is 0 Å². The Kier molecular flexibility index (Phi) is 3.31. The normalized spacial score (nSPS) is 13.5. The first-order chi connectivity index (χ1) is 10.1. The molecule has 0 spiro atoms. The number of hydrogen-bond donors (Lipinski definition) is 0. The van der Waals surface area contributed by atoms with Crippen LogP contribution in [0.5, 0.6) is 0 Å². The molecule has 0 saturated heterocycles. The van der Waals surface area contributed by atoms with Gasteiger partial charge in [-0.1, -0.05) is 17.2 Å². The standard InChI is InChI=1S/C15H11NO4S/c1-9-6-7-21-12(9)8-13(17)20-16-14(18)10-4-2-3-5-11(10)15(16)19/h2-7H,8H2,1H3. The van der Waals surface area contributed by atoms with Crippen LogP contribution in [0.15, 0.2) is 35.7 Å². The molecule has 21 heavy (non-hydrogen) atoms. The van der Waals surface area contributed by atoms with E-state index in [1.54, 1.807) is 12.1 Å². The van der Waals surface area contributed by atoms with Gasteiger partial charge in [-0.25, -0.2) is 4.79 Å². The molecule has 0 fully saturated rings. The van der Waals surface area contributed by atoms with Crippen molar-refractivity contribution in [3.8, 4) is 0 Å². The van der Waals surface area contributed by atoms with Crippen molar-refractivity contribution in [3.05, 3.63) is 57.3 Å². The minimum atomic E-state index is -0.630. The summed E-state index contributed by atoms with van der Waals surface area (Å²) in [6, 6.07) is 8.28. The third-order valence-corrected chi connectivity index (χ3v) is 4.25. The molecule has 0 N–H and O–H groups in total. The number of rotatable bonds is 3. The third-order valence-electron chi connectivity index (χ3n) is 3.22. The molecule has 0 atom stereocenters. The number of amides is 2. The minimum absolute atomic E-state index is 0.0386. The van der Waals surface area contributed by atoms with E-state index >= 15 is 0 Å². The van der Waals surface area contributed by atoms with Gasteiger partial charge in [0.25, 0.3) is 11.8 Å². The predicted octanol–water partition coefficient (Wildman–Crippen LogP) is 2.35. The molecule has 5 nitrogen and oxygen atoms in total. The zero-order valence-electron chi connectivity index (χ0n) is 11.2. The van der Waals surface area contributed by atoms with Crippen molar-refractivity contribution in [2.24, 2.45) is 0 Å². The SMILES string of the molecule is Cc1ccsc1CC(=O)ON1C(=O)c2ccccc2C1=O. The molecule has 0 unspecified atom stereocenters. The van der Waals surface area contributed by atoms with Crippen molar-refractivity contribution in [2.45, 2.75) is 13.3 Å². The van der Waals surface area contributed by atoms with Gasteiger partial charge in [0, 0.05) is 4.88 Å². The van der Waals surface area contributed by atoms with Crippen LogP contribution in [0.2, 0.25) is 0 Å². The van der Waals surface area contributed by atoms with Crippen LogP contribution in [0.1, 0.15) is 31.2 Å². The van der Waals surface area contributed by atoms with Crippen molar-refractivity contribution < 1.29 is 19.2 Å². The lowest BCUT2D eigenvalue weighted by Gasteiger charge is -2.12. The van der Waals surface area contributed by atoms with Gasteiger partial charge in [0.2, 0.25) is 0 Å². The summed E-state index contributed by atoms with van der Waals surface area (Å²) in [5.41, 5.74) is 1.49. The Morgan fingerprint density at radius 3 is 2.29 bits per heavy atom. The largest absolute Gasteiger partial charge is 0.338 e. The van der Waals surface area contributed by atoms with Crippen LogP contribution in [-0.4, -0.2) is 22.8 Å².